The van der Waals surface area contributed by atoms with Crippen LogP contribution in [0.1, 0.15) is 27.2 Å². The SMILES string of the molecule is CC(C)(C)OCCC(NC(=O)COc1ccc(F)cc1Cl)C(=O)O. The van der Waals surface area contributed by atoms with Gasteiger partial charge in [-0.05, 0) is 39.0 Å². The molecule has 0 aliphatic rings. The second kappa shape index (κ2) is 8.84. The Morgan fingerprint density at radius 1 is 1.38 bits per heavy atom. The molecule has 1 amide bonds. The molecule has 134 valence electrons. The van der Waals surface area contributed by atoms with Crippen LogP contribution in [0.15, 0.2) is 18.2 Å². The number of hydrogen-bond donors (Lipinski definition) is 2. The Bertz CT molecular complexity index is 588. The highest BCUT2D eigenvalue weighted by atomic mass is 35.5. The summed E-state index contributed by atoms with van der Waals surface area (Å²) in [5.74, 6) is -2.18. The minimum atomic E-state index is -1.17. The molecule has 0 saturated carbocycles. The topological polar surface area (TPSA) is 84.9 Å². The van der Waals surface area contributed by atoms with Crippen molar-refractivity contribution in [2.75, 3.05) is 13.2 Å². The lowest BCUT2D eigenvalue weighted by molar-refractivity contribution is -0.143. The zero-order valence-electron chi connectivity index (χ0n) is 13.8. The standard InChI is InChI=1S/C16H21ClFNO5/c1-16(2,3)24-7-6-12(15(21)22)19-14(20)9-23-13-5-4-10(18)8-11(13)17/h4-5,8,12H,6-7,9H2,1-3H3,(H,19,20)(H,21,22). The van der Waals surface area contributed by atoms with Gasteiger partial charge in [0.2, 0.25) is 0 Å². The Morgan fingerprint density at radius 3 is 2.58 bits per heavy atom. The molecule has 2 N–H and O–H groups in total. The Hall–Kier alpha value is -1.86. The maximum absolute atomic E-state index is 12.9. The summed E-state index contributed by atoms with van der Waals surface area (Å²) in [6, 6.07) is 2.39. The van der Waals surface area contributed by atoms with Crippen molar-refractivity contribution < 1.29 is 28.6 Å². The van der Waals surface area contributed by atoms with Crippen molar-refractivity contribution >= 4 is 23.5 Å². The summed E-state index contributed by atoms with van der Waals surface area (Å²) < 4.78 is 23.5. The predicted octanol–water partition coefficient (Wildman–Crippen LogP) is 2.63. The van der Waals surface area contributed by atoms with Crippen LogP contribution in [0, 0.1) is 5.82 Å². The zero-order chi connectivity index (χ0) is 18.3. The number of carboxylic acid groups (broad SMARTS) is 1. The molecule has 0 aromatic heterocycles. The van der Waals surface area contributed by atoms with Crippen molar-refractivity contribution in [1.29, 1.82) is 0 Å². The lowest BCUT2D eigenvalue weighted by Crippen LogP contribution is -2.44. The molecule has 0 fully saturated rings. The average Bonchev–Trinajstić information content (AvgIpc) is 2.43. The molecular formula is C16H21ClFNO5. The van der Waals surface area contributed by atoms with E-state index in [0.29, 0.717) is 0 Å². The van der Waals surface area contributed by atoms with E-state index in [1.54, 1.807) is 0 Å². The normalized spacial score (nSPS) is 12.5. The fourth-order valence-electron chi connectivity index (χ4n) is 1.71. The highest BCUT2D eigenvalue weighted by Crippen LogP contribution is 2.24. The molecule has 8 heteroatoms. The first kappa shape index (κ1) is 20.2. The third kappa shape index (κ3) is 7.61. The number of halogens is 2. The van der Waals surface area contributed by atoms with Gasteiger partial charge in [0.25, 0.3) is 5.91 Å². The van der Waals surface area contributed by atoms with Crippen LogP contribution in [-0.4, -0.2) is 41.8 Å². The van der Waals surface area contributed by atoms with Crippen LogP contribution in [-0.2, 0) is 14.3 Å². The largest absolute Gasteiger partial charge is 0.482 e. The van der Waals surface area contributed by atoms with Crippen LogP contribution in [0.5, 0.6) is 5.75 Å². The number of aliphatic carboxylic acids is 1. The van der Waals surface area contributed by atoms with Gasteiger partial charge in [-0.2, -0.15) is 0 Å². The molecule has 0 aliphatic heterocycles. The zero-order valence-corrected chi connectivity index (χ0v) is 14.5. The maximum atomic E-state index is 12.9. The van der Waals surface area contributed by atoms with Crippen molar-refractivity contribution in [2.24, 2.45) is 0 Å². The van der Waals surface area contributed by atoms with E-state index >= 15 is 0 Å². The first-order valence-corrected chi connectivity index (χ1v) is 7.70. The van der Waals surface area contributed by atoms with Crippen molar-refractivity contribution in [3.63, 3.8) is 0 Å². The summed E-state index contributed by atoms with van der Waals surface area (Å²) in [6.45, 7) is 5.30. The van der Waals surface area contributed by atoms with Crippen molar-refractivity contribution in [2.45, 2.75) is 38.8 Å². The van der Waals surface area contributed by atoms with Gasteiger partial charge in [-0.1, -0.05) is 11.6 Å². The monoisotopic (exact) mass is 361 g/mol. The number of benzene rings is 1. The van der Waals surface area contributed by atoms with Gasteiger partial charge >= 0.3 is 5.97 Å². The number of amides is 1. The van der Waals surface area contributed by atoms with E-state index in [0.717, 1.165) is 12.1 Å². The third-order valence-electron chi connectivity index (χ3n) is 2.83. The fourth-order valence-corrected chi connectivity index (χ4v) is 1.93. The third-order valence-corrected chi connectivity index (χ3v) is 3.12. The van der Waals surface area contributed by atoms with Crippen LogP contribution in [0.25, 0.3) is 0 Å². The van der Waals surface area contributed by atoms with Crippen molar-refractivity contribution in [1.82, 2.24) is 5.32 Å². The Kier molecular flexibility index (Phi) is 7.44. The predicted molar refractivity (Wildman–Crippen MR) is 86.8 cm³/mol. The Morgan fingerprint density at radius 2 is 2.04 bits per heavy atom. The summed E-state index contributed by atoms with van der Waals surface area (Å²) in [6.07, 6.45) is 0.121. The molecule has 24 heavy (non-hydrogen) atoms. The van der Waals surface area contributed by atoms with Gasteiger partial charge in [-0.3, -0.25) is 4.79 Å². The summed E-state index contributed by atoms with van der Waals surface area (Å²) in [5, 5.41) is 11.5. The summed E-state index contributed by atoms with van der Waals surface area (Å²) >= 11 is 5.77. The van der Waals surface area contributed by atoms with Gasteiger partial charge in [-0.25, -0.2) is 9.18 Å². The molecule has 1 atom stereocenters. The number of hydrogen-bond acceptors (Lipinski definition) is 4. The second-order valence-electron chi connectivity index (χ2n) is 6.07. The average molecular weight is 362 g/mol. The number of ether oxygens (including phenoxy) is 2. The Labute approximate surface area is 144 Å². The van der Waals surface area contributed by atoms with Crippen LogP contribution in [0.4, 0.5) is 4.39 Å². The van der Waals surface area contributed by atoms with Crippen LogP contribution < -0.4 is 10.1 Å². The molecule has 1 rings (SSSR count). The van der Waals surface area contributed by atoms with Gasteiger partial charge in [0.15, 0.2) is 6.61 Å². The van der Waals surface area contributed by atoms with E-state index in [4.69, 9.17) is 26.2 Å². The number of carbonyl (C=O) groups is 2. The number of rotatable bonds is 8. The molecule has 0 aliphatic carbocycles. The van der Waals surface area contributed by atoms with Gasteiger partial charge < -0.3 is 19.9 Å². The lowest BCUT2D eigenvalue weighted by atomic mass is 10.2. The van der Waals surface area contributed by atoms with E-state index in [-0.39, 0.29) is 23.8 Å². The highest BCUT2D eigenvalue weighted by Gasteiger charge is 2.21. The van der Waals surface area contributed by atoms with E-state index in [2.05, 4.69) is 5.32 Å². The van der Waals surface area contributed by atoms with Gasteiger partial charge in [0.05, 0.1) is 10.6 Å². The minimum absolute atomic E-state index is 0.0242. The highest BCUT2D eigenvalue weighted by molar-refractivity contribution is 6.32. The van der Waals surface area contributed by atoms with Gasteiger partial charge in [0.1, 0.15) is 17.6 Å². The molecule has 0 heterocycles. The van der Waals surface area contributed by atoms with Gasteiger partial charge in [0, 0.05) is 13.0 Å². The molecule has 1 unspecified atom stereocenters. The Balaban J connectivity index is 2.49. The second-order valence-corrected chi connectivity index (χ2v) is 6.48. The lowest BCUT2D eigenvalue weighted by Gasteiger charge is -2.21. The minimum Gasteiger partial charge on any atom is -0.482 e. The van der Waals surface area contributed by atoms with Crippen LogP contribution in [0.2, 0.25) is 5.02 Å². The van der Waals surface area contributed by atoms with Gasteiger partial charge in [-0.15, -0.1) is 0 Å². The molecule has 6 nitrogen and oxygen atoms in total. The molecular weight excluding hydrogens is 341 g/mol. The first-order valence-electron chi connectivity index (χ1n) is 7.32. The van der Waals surface area contributed by atoms with Crippen LogP contribution >= 0.6 is 11.6 Å². The van der Waals surface area contributed by atoms with E-state index in [1.165, 1.54) is 6.07 Å². The molecule has 0 radical (unpaired) electrons. The number of carboxylic acids is 1. The summed E-state index contributed by atoms with van der Waals surface area (Å²) in [7, 11) is 0. The molecule has 1 aromatic rings. The molecule has 0 spiro atoms. The molecule has 0 saturated heterocycles. The molecule has 0 bridgehead atoms. The number of nitrogens with one attached hydrogen (secondary N) is 1. The first-order chi connectivity index (χ1) is 11.1. The van der Waals surface area contributed by atoms with Crippen LogP contribution in [0.3, 0.4) is 0 Å². The fraction of sp³-hybridized carbons (Fsp3) is 0.500. The van der Waals surface area contributed by atoms with E-state index in [9.17, 15) is 14.0 Å². The quantitative estimate of drug-likeness (QED) is 0.743. The van der Waals surface area contributed by atoms with E-state index < -0.39 is 35.9 Å². The summed E-state index contributed by atoms with van der Waals surface area (Å²) in [5.41, 5.74) is -0.393. The van der Waals surface area contributed by atoms with E-state index in [1.807, 2.05) is 20.8 Å². The smallest absolute Gasteiger partial charge is 0.326 e. The maximum Gasteiger partial charge on any atom is 0.326 e. The van der Waals surface area contributed by atoms with Crippen molar-refractivity contribution in [3.8, 4) is 5.75 Å². The molecule has 1 aromatic carbocycles. The summed E-state index contributed by atoms with van der Waals surface area (Å²) in [4.78, 5) is 23.0. The van der Waals surface area contributed by atoms with Crippen molar-refractivity contribution in [3.05, 3.63) is 29.0 Å². The number of carbonyl (C=O) groups excluding carboxylic acids is 1.